The van der Waals surface area contributed by atoms with Gasteiger partial charge in [-0.1, -0.05) is 48.0 Å². The molecule has 1 aliphatic rings. The van der Waals surface area contributed by atoms with Crippen LogP contribution < -0.4 is 4.90 Å². The third-order valence-electron chi connectivity index (χ3n) is 5.96. The van der Waals surface area contributed by atoms with E-state index in [1.54, 1.807) is 17.4 Å². The van der Waals surface area contributed by atoms with Crippen LogP contribution in [0.25, 0.3) is 0 Å². The number of anilines is 1. The first-order valence-electron chi connectivity index (χ1n) is 10.8. The van der Waals surface area contributed by atoms with Crippen molar-refractivity contribution in [1.82, 2.24) is 25.1 Å². The summed E-state index contributed by atoms with van der Waals surface area (Å²) in [5.74, 6) is 0.664. The predicted molar refractivity (Wildman–Crippen MR) is 124 cm³/mol. The standard InChI is InChI=1S/C24H25FN6S/c1-18-8-10-19(11-9-18)23(24-26-27-28-31(24)17-20-5-4-16-32-20)30-14-12-29(13-15-30)22-7-3-2-6-21(22)25/h2-11,16,23H,12-15,17H2,1H3/t23-/m0/s1. The third-order valence-corrected chi connectivity index (χ3v) is 6.82. The molecule has 1 atom stereocenters. The van der Waals surface area contributed by atoms with E-state index >= 15 is 0 Å². The Bertz CT molecular complexity index is 1150. The fourth-order valence-electron chi connectivity index (χ4n) is 4.27. The third kappa shape index (κ3) is 4.28. The monoisotopic (exact) mass is 448 g/mol. The molecule has 6 nitrogen and oxygen atoms in total. The lowest BCUT2D eigenvalue weighted by Gasteiger charge is -2.40. The maximum Gasteiger partial charge on any atom is 0.173 e. The van der Waals surface area contributed by atoms with Crippen LogP contribution in [0.15, 0.2) is 66.0 Å². The van der Waals surface area contributed by atoms with Crippen molar-refractivity contribution in [2.24, 2.45) is 0 Å². The summed E-state index contributed by atoms with van der Waals surface area (Å²) >= 11 is 1.70. The number of halogens is 1. The van der Waals surface area contributed by atoms with Crippen molar-refractivity contribution >= 4 is 17.0 Å². The van der Waals surface area contributed by atoms with Gasteiger partial charge >= 0.3 is 0 Å². The van der Waals surface area contributed by atoms with Crippen LogP contribution in [0.2, 0.25) is 0 Å². The summed E-state index contributed by atoms with van der Waals surface area (Å²) in [6.07, 6.45) is 0. The number of para-hydroxylation sites is 1. The van der Waals surface area contributed by atoms with Crippen LogP contribution in [-0.2, 0) is 6.54 Å². The number of thiophene rings is 1. The molecular formula is C24H25FN6S. The van der Waals surface area contributed by atoms with Gasteiger partial charge in [0.25, 0.3) is 0 Å². The van der Waals surface area contributed by atoms with Crippen LogP contribution >= 0.6 is 11.3 Å². The molecule has 32 heavy (non-hydrogen) atoms. The number of hydrogen-bond donors (Lipinski definition) is 0. The molecule has 0 unspecified atom stereocenters. The molecular weight excluding hydrogens is 423 g/mol. The average Bonchev–Trinajstić information content (AvgIpc) is 3.49. The van der Waals surface area contributed by atoms with Crippen LogP contribution in [0.4, 0.5) is 10.1 Å². The summed E-state index contributed by atoms with van der Waals surface area (Å²) in [5, 5.41) is 14.8. The number of rotatable bonds is 6. The van der Waals surface area contributed by atoms with E-state index in [0.717, 1.165) is 37.6 Å². The van der Waals surface area contributed by atoms with Gasteiger partial charge in [0, 0.05) is 31.1 Å². The van der Waals surface area contributed by atoms with Crippen LogP contribution in [0, 0.1) is 12.7 Å². The van der Waals surface area contributed by atoms with Gasteiger partial charge < -0.3 is 4.90 Å². The molecule has 2 aromatic heterocycles. The number of aryl methyl sites for hydroxylation is 1. The SMILES string of the molecule is Cc1ccc([C@@H](c2nnnn2Cc2cccs2)N2CCN(c3ccccc3F)CC2)cc1. The van der Waals surface area contributed by atoms with Crippen LogP contribution in [-0.4, -0.2) is 51.3 Å². The number of hydrogen-bond acceptors (Lipinski definition) is 6. The van der Waals surface area contributed by atoms with Gasteiger partial charge in [-0.15, -0.1) is 16.4 Å². The molecule has 8 heteroatoms. The van der Waals surface area contributed by atoms with Crippen LogP contribution in [0.3, 0.4) is 0 Å². The second-order valence-electron chi connectivity index (χ2n) is 8.06. The van der Waals surface area contributed by atoms with Gasteiger partial charge in [-0.05, 0) is 46.5 Å². The zero-order valence-electron chi connectivity index (χ0n) is 17.9. The minimum absolute atomic E-state index is 0.0617. The molecule has 0 spiro atoms. The van der Waals surface area contributed by atoms with Crippen LogP contribution in [0.1, 0.15) is 27.9 Å². The van der Waals surface area contributed by atoms with E-state index in [0.29, 0.717) is 12.2 Å². The summed E-state index contributed by atoms with van der Waals surface area (Å²) in [5.41, 5.74) is 3.05. The van der Waals surface area contributed by atoms with E-state index in [9.17, 15) is 4.39 Å². The van der Waals surface area contributed by atoms with Crippen molar-refractivity contribution in [3.63, 3.8) is 0 Å². The first-order chi connectivity index (χ1) is 15.7. The first kappa shape index (κ1) is 20.8. The second kappa shape index (κ2) is 9.18. The highest BCUT2D eigenvalue weighted by Crippen LogP contribution is 2.30. The highest BCUT2D eigenvalue weighted by atomic mass is 32.1. The second-order valence-corrected chi connectivity index (χ2v) is 9.09. The number of nitrogens with zero attached hydrogens (tertiary/aromatic N) is 6. The van der Waals surface area contributed by atoms with Crippen molar-refractivity contribution in [1.29, 1.82) is 0 Å². The molecule has 0 radical (unpaired) electrons. The Hall–Kier alpha value is -3.10. The normalized spacial score (nSPS) is 15.8. The van der Waals surface area contributed by atoms with E-state index in [4.69, 9.17) is 0 Å². The molecule has 164 valence electrons. The molecule has 3 heterocycles. The van der Waals surface area contributed by atoms with Crippen molar-refractivity contribution in [3.05, 3.63) is 93.7 Å². The summed E-state index contributed by atoms with van der Waals surface area (Å²) in [7, 11) is 0. The molecule has 0 aliphatic carbocycles. The summed E-state index contributed by atoms with van der Waals surface area (Å²) in [6.45, 7) is 5.81. The molecule has 4 aromatic rings. The van der Waals surface area contributed by atoms with Gasteiger partial charge in [0.05, 0.1) is 18.3 Å². The van der Waals surface area contributed by atoms with Gasteiger partial charge in [0.2, 0.25) is 0 Å². The molecule has 0 bridgehead atoms. The van der Waals surface area contributed by atoms with Crippen molar-refractivity contribution in [2.45, 2.75) is 19.5 Å². The Balaban J connectivity index is 1.43. The first-order valence-corrected chi connectivity index (χ1v) is 11.7. The quantitative estimate of drug-likeness (QED) is 0.444. The summed E-state index contributed by atoms with van der Waals surface area (Å²) in [6, 6.07) is 19.7. The summed E-state index contributed by atoms with van der Waals surface area (Å²) < 4.78 is 16.2. The average molecular weight is 449 g/mol. The maximum absolute atomic E-state index is 14.3. The lowest BCUT2D eigenvalue weighted by molar-refractivity contribution is 0.201. The fourth-order valence-corrected chi connectivity index (χ4v) is 4.96. The van der Waals surface area contributed by atoms with Gasteiger partial charge in [0.15, 0.2) is 5.82 Å². The number of aromatic nitrogens is 4. The van der Waals surface area contributed by atoms with Crippen molar-refractivity contribution < 1.29 is 4.39 Å². The lowest BCUT2D eigenvalue weighted by Crippen LogP contribution is -2.48. The Labute approximate surface area is 190 Å². The lowest BCUT2D eigenvalue weighted by atomic mass is 10.0. The van der Waals surface area contributed by atoms with Gasteiger partial charge in [-0.2, -0.15) is 0 Å². The van der Waals surface area contributed by atoms with E-state index < -0.39 is 0 Å². The molecule has 0 saturated carbocycles. The van der Waals surface area contributed by atoms with Gasteiger partial charge in [0.1, 0.15) is 5.82 Å². The highest BCUT2D eigenvalue weighted by Gasteiger charge is 2.31. The predicted octanol–water partition coefficient (Wildman–Crippen LogP) is 4.14. The smallest absolute Gasteiger partial charge is 0.173 e. The minimum Gasteiger partial charge on any atom is -0.367 e. The number of piperazine rings is 1. The Morgan fingerprint density at radius 1 is 0.969 bits per heavy atom. The molecule has 2 aromatic carbocycles. The summed E-state index contributed by atoms with van der Waals surface area (Å²) in [4.78, 5) is 5.73. The Morgan fingerprint density at radius 2 is 1.75 bits per heavy atom. The highest BCUT2D eigenvalue weighted by molar-refractivity contribution is 7.09. The van der Waals surface area contributed by atoms with Crippen molar-refractivity contribution in [3.8, 4) is 0 Å². The largest absolute Gasteiger partial charge is 0.367 e. The molecule has 1 fully saturated rings. The Kier molecular flexibility index (Phi) is 5.96. The molecule has 5 rings (SSSR count). The minimum atomic E-state index is -0.170. The zero-order valence-corrected chi connectivity index (χ0v) is 18.7. The van der Waals surface area contributed by atoms with E-state index in [-0.39, 0.29) is 11.9 Å². The van der Waals surface area contributed by atoms with E-state index in [1.807, 2.05) is 22.9 Å². The Morgan fingerprint density at radius 3 is 2.47 bits per heavy atom. The van der Waals surface area contributed by atoms with E-state index in [1.165, 1.54) is 16.5 Å². The number of benzene rings is 2. The molecule has 1 saturated heterocycles. The van der Waals surface area contributed by atoms with Gasteiger partial charge in [-0.25, -0.2) is 9.07 Å². The molecule has 1 aliphatic heterocycles. The fraction of sp³-hybridized carbons (Fsp3) is 0.292. The van der Waals surface area contributed by atoms with Gasteiger partial charge in [-0.3, -0.25) is 4.90 Å². The zero-order chi connectivity index (χ0) is 21.9. The molecule has 0 N–H and O–H groups in total. The van der Waals surface area contributed by atoms with Crippen LogP contribution in [0.5, 0.6) is 0 Å². The maximum atomic E-state index is 14.3. The van der Waals surface area contributed by atoms with E-state index in [2.05, 4.69) is 68.0 Å². The molecule has 0 amide bonds. The number of tetrazole rings is 1. The van der Waals surface area contributed by atoms with Crippen molar-refractivity contribution in [2.75, 3.05) is 31.1 Å². The topological polar surface area (TPSA) is 50.1 Å².